The number of benzene rings is 1. The summed E-state index contributed by atoms with van der Waals surface area (Å²) in [7, 11) is 0. The van der Waals surface area contributed by atoms with Crippen LogP contribution >= 0.6 is 0 Å². The van der Waals surface area contributed by atoms with Gasteiger partial charge in [0.1, 0.15) is 11.3 Å². The van der Waals surface area contributed by atoms with Crippen LogP contribution in [0.2, 0.25) is 0 Å². The number of hydrogen-bond donors (Lipinski definition) is 1. The van der Waals surface area contributed by atoms with E-state index < -0.39 is 0 Å². The predicted octanol–water partition coefficient (Wildman–Crippen LogP) is 2.03. The summed E-state index contributed by atoms with van der Waals surface area (Å²) in [5, 5.41) is 11.6. The van der Waals surface area contributed by atoms with Crippen LogP contribution in [0.3, 0.4) is 0 Å². The van der Waals surface area contributed by atoms with Crippen LogP contribution in [0.15, 0.2) is 36.7 Å². The van der Waals surface area contributed by atoms with Crippen LogP contribution in [-0.4, -0.2) is 31.5 Å². The van der Waals surface area contributed by atoms with E-state index in [0.717, 1.165) is 42.1 Å². The monoisotopic (exact) mass is 268 g/mol. The van der Waals surface area contributed by atoms with Crippen molar-refractivity contribution < 1.29 is 0 Å². The number of nitrogens with zero attached hydrogens (tertiary/aromatic N) is 5. The van der Waals surface area contributed by atoms with E-state index in [9.17, 15) is 0 Å². The Morgan fingerprint density at radius 3 is 2.90 bits per heavy atom. The standard InChI is InChI=1S/C14H16N6/c1-11-14(17-9-8-15-11)16-7-4-10-20-13-6-3-2-5-12(13)18-19-20/h2-3,5-6,8-9H,4,7,10H2,1H3,(H,16,17). The summed E-state index contributed by atoms with van der Waals surface area (Å²) in [6, 6.07) is 7.98. The number of aryl methyl sites for hydroxylation is 2. The van der Waals surface area contributed by atoms with E-state index in [1.54, 1.807) is 12.4 Å². The Morgan fingerprint density at radius 1 is 1.15 bits per heavy atom. The number of rotatable bonds is 5. The van der Waals surface area contributed by atoms with Gasteiger partial charge in [0.2, 0.25) is 0 Å². The summed E-state index contributed by atoms with van der Waals surface area (Å²) in [5.74, 6) is 0.843. The maximum atomic E-state index is 4.25. The molecular formula is C14H16N6. The van der Waals surface area contributed by atoms with Crippen molar-refractivity contribution in [3.8, 4) is 0 Å². The third-order valence-corrected chi connectivity index (χ3v) is 3.14. The quantitative estimate of drug-likeness (QED) is 0.717. The van der Waals surface area contributed by atoms with Crippen molar-refractivity contribution >= 4 is 16.9 Å². The lowest BCUT2D eigenvalue weighted by atomic mass is 10.3. The van der Waals surface area contributed by atoms with Gasteiger partial charge in [0.15, 0.2) is 0 Å². The highest BCUT2D eigenvalue weighted by atomic mass is 15.4. The molecule has 6 nitrogen and oxygen atoms in total. The van der Waals surface area contributed by atoms with Crippen molar-refractivity contribution in [3.63, 3.8) is 0 Å². The zero-order valence-electron chi connectivity index (χ0n) is 11.3. The van der Waals surface area contributed by atoms with Crippen molar-refractivity contribution in [1.82, 2.24) is 25.0 Å². The molecule has 0 aliphatic heterocycles. The number of aromatic nitrogens is 5. The van der Waals surface area contributed by atoms with Crippen LogP contribution in [0.4, 0.5) is 5.82 Å². The Hall–Kier alpha value is -2.50. The molecule has 0 saturated heterocycles. The van der Waals surface area contributed by atoms with Crippen LogP contribution in [0, 0.1) is 6.92 Å². The SMILES string of the molecule is Cc1nccnc1NCCCn1nnc2ccccc21. The second kappa shape index (κ2) is 5.64. The molecule has 102 valence electrons. The first-order valence-corrected chi connectivity index (χ1v) is 6.64. The van der Waals surface area contributed by atoms with Crippen molar-refractivity contribution in [2.45, 2.75) is 19.9 Å². The summed E-state index contributed by atoms with van der Waals surface area (Å²) in [5.41, 5.74) is 2.92. The average molecular weight is 268 g/mol. The van der Waals surface area contributed by atoms with E-state index in [1.165, 1.54) is 0 Å². The highest BCUT2D eigenvalue weighted by Gasteiger charge is 2.03. The van der Waals surface area contributed by atoms with Crippen molar-refractivity contribution in [2.24, 2.45) is 0 Å². The Bertz CT molecular complexity index is 705. The second-order valence-electron chi connectivity index (χ2n) is 4.57. The zero-order chi connectivity index (χ0) is 13.8. The maximum absolute atomic E-state index is 4.25. The summed E-state index contributed by atoms with van der Waals surface area (Å²) >= 11 is 0. The molecule has 3 aromatic rings. The first-order chi connectivity index (χ1) is 9.84. The number of para-hydroxylation sites is 1. The lowest BCUT2D eigenvalue weighted by molar-refractivity contribution is 0.585. The lowest BCUT2D eigenvalue weighted by Crippen LogP contribution is -2.09. The van der Waals surface area contributed by atoms with Gasteiger partial charge in [0.25, 0.3) is 0 Å². The van der Waals surface area contributed by atoms with Gasteiger partial charge in [-0.05, 0) is 25.5 Å². The minimum atomic E-state index is 0.826. The molecule has 3 rings (SSSR count). The minimum absolute atomic E-state index is 0.826. The molecule has 20 heavy (non-hydrogen) atoms. The van der Waals surface area contributed by atoms with Gasteiger partial charge in [0.05, 0.1) is 11.2 Å². The van der Waals surface area contributed by atoms with Gasteiger partial charge in [-0.3, -0.25) is 4.98 Å². The van der Waals surface area contributed by atoms with E-state index in [4.69, 9.17) is 0 Å². The van der Waals surface area contributed by atoms with E-state index in [-0.39, 0.29) is 0 Å². The van der Waals surface area contributed by atoms with Gasteiger partial charge in [0, 0.05) is 25.5 Å². The molecule has 0 atom stereocenters. The second-order valence-corrected chi connectivity index (χ2v) is 4.57. The normalized spacial score (nSPS) is 10.8. The fourth-order valence-electron chi connectivity index (χ4n) is 2.10. The smallest absolute Gasteiger partial charge is 0.147 e. The highest BCUT2D eigenvalue weighted by molar-refractivity contribution is 5.73. The first-order valence-electron chi connectivity index (χ1n) is 6.64. The van der Waals surface area contributed by atoms with Crippen LogP contribution < -0.4 is 5.32 Å². The van der Waals surface area contributed by atoms with Crippen LogP contribution in [0.5, 0.6) is 0 Å². The van der Waals surface area contributed by atoms with Gasteiger partial charge < -0.3 is 5.32 Å². The van der Waals surface area contributed by atoms with E-state index in [1.807, 2.05) is 35.9 Å². The number of nitrogens with one attached hydrogen (secondary N) is 1. The third kappa shape index (κ3) is 2.59. The van der Waals surface area contributed by atoms with Crippen molar-refractivity contribution in [1.29, 1.82) is 0 Å². The zero-order valence-corrected chi connectivity index (χ0v) is 11.3. The van der Waals surface area contributed by atoms with Gasteiger partial charge in [-0.2, -0.15) is 0 Å². The molecular weight excluding hydrogens is 252 g/mol. The Morgan fingerprint density at radius 2 is 2.00 bits per heavy atom. The summed E-state index contributed by atoms with van der Waals surface area (Å²) in [4.78, 5) is 8.45. The number of fused-ring (bicyclic) bond motifs is 1. The molecule has 0 bridgehead atoms. The van der Waals surface area contributed by atoms with Gasteiger partial charge in [-0.15, -0.1) is 5.10 Å². The molecule has 0 amide bonds. The van der Waals surface area contributed by atoms with Crippen molar-refractivity contribution in [3.05, 3.63) is 42.4 Å². The molecule has 6 heteroatoms. The first kappa shape index (κ1) is 12.5. The van der Waals surface area contributed by atoms with Crippen LogP contribution in [0.1, 0.15) is 12.1 Å². The molecule has 1 aromatic carbocycles. The molecule has 0 unspecified atom stereocenters. The molecule has 0 spiro atoms. The third-order valence-electron chi connectivity index (χ3n) is 3.14. The van der Waals surface area contributed by atoms with Gasteiger partial charge >= 0.3 is 0 Å². The highest BCUT2D eigenvalue weighted by Crippen LogP contribution is 2.10. The summed E-state index contributed by atoms with van der Waals surface area (Å²) in [6.07, 6.45) is 4.34. The number of anilines is 1. The molecule has 1 N–H and O–H groups in total. The molecule has 0 fully saturated rings. The maximum Gasteiger partial charge on any atom is 0.147 e. The minimum Gasteiger partial charge on any atom is -0.369 e. The molecule has 2 heterocycles. The fourth-order valence-corrected chi connectivity index (χ4v) is 2.10. The molecule has 0 aliphatic rings. The molecule has 0 aliphatic carbocycles. The summed E-state index contributed by atoms with van der Waals surface area (Å²) in [6.45, 7) is 3.60. The van der Waals surface area contributed by atoms with Crippen LogP contribution in [0.25, 0.3) is 11.0 Å². The molecule has 2 aromatic heterocycles. The summed E-state index contributed by atoms with van der Waals surface area (Å²) < 4.78 is 1.93. The molecule has 0 radical (unpaired) electrons. The number of hydrogen-bond acceptors (Lipinski definition) is 5. The lowest BCUT2D eigenvalue weighted by Gasteiger charge is -2.07. The average Bonchev–Trinajstić information content (AvgIpc) is 2.89. The van der Waals surface area contributed by atoms with Gasteiger partial charge in [-0.1, -0.05) is 17.3 Å². The van der Waals surface area contributed by atoms with Gasteiger partial charge in [-0.25, -0.2) is 9.67 Å². The molecule has 0 saturated carbocycles. The van der Waals surface area contributed by atoms with E-state index in [0.29, 0.717) is 0 Å². The fraction of sp³-hybridized carbons (Fsp3) is 0.286. The largest absolute Gasteiger partial charge is 0.369 e. The van der Waals surface area contributed by atoms with E-state index in [2.05, 4.69) is 25.6 Å². The topological polar surface area (TPSA) is 68.5 Å². The Kier molecular flexibility index (Phi) is 3.54. The van der Waals surface area contributed by atoms with Crippen molar-refractivity contribution in [2.75, 3.05) is 11.9 Å². The van der Waals surface area contributed by atoms with E-state index >= 15 is 0 Å². The van der Waals surface area contributed by atoms with Crippen LogP contribution in [-0.2, 0) is 6.54 Å². The Balaban J connectivity index is 1.57. The predicted molar refractivity (Wildman–Crippen MR) is 77.4 cm³/mol. The Labute approximate surface area is 116 Å².